The van der Waals surface area contributed by atoms with Crippen LogP contribution in [0.3, 0.4) is 0 Å². The fourth-order valence-corrected chi connectivity index (χ4v) is 7.32. The molecule has 1 N–H and O–H groups in total. The molecule has 0 radical (unpaired) electrons. The molecular weight excluding hydrogens is 492 g/mol. The highest BCUT2D eigenvalue weighted by atomic mass is 16.7. The van der Waals surface area contributed by atoms with Crippen molar-refractivity contribution < 1.29 is 43.1 Å². The van der Waals surface area contributed by atoms with Crippen LogP contribution in [0.15, 0.2) is 47.6 Å². The van der Waals surface area contributed by atoms with Crippen molar-refractivity contribution in [3.8, 4) is 0 Å². The minimum atomic E-state index is -1.75. The van der Waals surface area contributed by atoms with E-state index in [4.69, 9.17) is 28.4 Å². The third-order valence-electron chi connectivity index (χ3n) is 9.86. The van der Waals surface area contributed by atoms with Crippen molar-refractivity contribution in [2.45, 2.75) is 88.9 Å². The summed E-state index contributed by atoms with van der Waals surface area (Å²) in [6.07, 6.45) is 9.90. The van der Waals surface area contributed by atoms with Crippen molar-refractivity contribution in [3.05, 3.63) is 47.6 Å². The zero-order valence-electron chi connectivity index (χ0n) is 22.3. The van der Waals surface area contributed by atoms with Crippen LogP contribution >= 0.6 is 0 Å². The highest BCUT2D eigenvalue weighted by Crippen LogP contribution is 2.72. The Morgan fingerprint density at radius 1 is 1.05 bits per heavy atom. The SMILES string of the molecule is CC1=C[C@H]2O[C@@H]3C[C@H]4OC(=O)/C=C\C=C\[C@H]5OC[C@@](O)(O[C@@H]5C)/C(C)=C/C(=O)OC[C@@]2(CC1)[C@]4(C)[C@]31CO1. The second-order valence-electron chi connectivity index (χ2n) is 11.8. The van der Waals surface area contributed by atoms with Crippen molar-refractivity contribution in [1.29, 1.82) is 0 Å². The molecule has 0 unspecified atom stereocenters. The number of carbonyl (C=O) groups is 2. The molecule has 1 saturated carbocycles. The first-order valence-corrected chi connectivity index (χ1v) is 13.4. The summed E-state index contributed by atoms with van der Waals surface area (Å²) in [5, 5.41) is 11.1. The van der Waals surface area contributed by atoms with Crippen LogP contribution in [0.25, 0.3) is 0 Å². The number of allylic oxidation sites excluding steroid dienone is 3. The second kappa shape index (κ2) is 8.86. The summed E-state index contributed by atoms with van der Waals surface area (Å²) in [5.74, 6) is -2.81. The maximum atomic E-state index is 13.1. The van der Waals surface area contributed by atoms with Gasteiger partial charge in [-0.3, -0.25) is 0 Å². The average molecular weight is 529 g/mol. The van der Waals surface area contributed by atoms with E-state index < -0.39 is 52.5 Å². The predicted octanol–water partition coefficient (Wildman–Crippen LogP) is 2.68. The van der Waals surface area contributed by atoms with Crippen LogP contribution in [0.5, 0.6) is 0 Å². The summed E-state index contributed by atoms with van der Waals surface area (Å²) in [6.45, 7) is 7.98. The summed E-state index contributed by atoms with van der Waals surface area (Å²) < 4.78 is 36.5. The lowest BCUT2D eigenvalue weighted by atomic mass is 9.51. The number of fused-ring (bicyclic) bond motifs is 8. The third-order valence-corrected chi connectivity index (χ3v) is 9.86. The summed E-state index contributed by atoms with van der Waals surface area (Å²) in [7, 11) is 0. The van der Waals surface area contributed by atoms with Gasteiger partial charge in [-0.25, -0.2) is 9.59 Å². The molecule has 2 aliphatic carbocycles. The monoisotopic (exact) mass is 528 g/mol. The fraction of sp³-hybridized carbons (Fsp3) is 0.655. The van der Waals surface area contributed by atoms with Crippen molar-refractivity contribution >= 4 is 11.9 Å². The molecule has 5 aliphatic heterocycles. The summed E-state index contributed by atoms with van der Waals surface area (Å²) >= 11 is 0. The molecule has 9 nitrogen and oxygen atoms in total. The van der Waals surface area contributed by atoms with Crippen molar-refractivity contribution in [1.82, 2.24) is 0 Å². The van der Waals surface area contributed by atoms with E-state index in [-0.39, 0.29) is 25.4 Å². The fourth-order valence-electron chi connectivity index (χ4n) is 7.32. The minimum absolute atomic E-state index is 0.0548. The van der Waals surface area contributed by atoms with Crippen LogP contribution in [0.4, 0.5) is 0 Å². The van der Waals surface area contributed by atoms with E-state index in [2.05, 4.69) is 19.9 Å². The summed E-state index contributed by atoms with van der Waals surface area (Å²) in [5.41, 5.74) is -0.391. The van der Waals surface area contributed by atoms with Crippen LogP contribution in [-0.2, 0) is 38.0 Å². The first kappa shape index (κ1) is 26.0. The van der Waals surface area contributed by atoms with Gasteiger partial charge in [0.1, 0.15) is 31.0 Å². The molecular formula is C29H36O9. The molecule has 3 saturated heterocycles. The smallest absolute Gasteiger partial charge is 0.331 e. The maximum absolute atomic E-state index is 13.1. The van der Waals surface area contributed by atoms with E-state index >= 15 is 0 Å². The number of epoxide rings is 1. The molecule has 0 aromatic heterocycles. The molecule has 4 bridgehead atoms. The number of aliphatic hydroxyl groups is 1. The summed E-state index contributed by atoms with van der Waals surface area (Å²) in [6, 6.07) is 0. The second-order valence-corrected chi connectivity index (χ2v) is 11.8. The van der Waals surface area contributed by atoms with Gasteiger partial charge in [-0.1, -0.05) is 36.8 Å². The van der Waals surface area contributed by atoms with E-state index in [1.165, 1.54) is 17.7 Å². The highest BCUT2D eigenvalue weighted by molar-refractivity contribution is 5.83. The Kier molecular flexibility index (Phi) is 6.05. The number of hydrogen-bond acceptors (Lipinski definition) is 9. The van der Waals surface area contributed by atoms with Gasteiger partial charge in [-0.15, -0.1) is 0 Å². The summed E-state index contributed by atoms with van der Waals surface area (Å²) in [4.78, 5) is 26.1. The highest BCUT2D eigenvalue weighted by Gasteiger charge is 2.83. The number of hydrogen-bond donors (Lipinski definition) is 1. The molecule has 9 heteroatoms. The van der Waals surface area contributed by atoms with Crippen LogP contribution in [0.2, 0.25) is 0 Å². The van der Waals surface area contributed by atoms with Gasteiger partial charge in [0.2, 0.25) is 5.79 Å². The zero-order valence-corrected chi connectivity index (χ0v) is 22.3. The lowest BCUT2D eigenvalue weighted by Crippen LogP contribution is -2.66. The van der Waals surface area contributed by atoms with Gasteiger partial charge in [0.05, 0.1) is 30.3 Å². The standard InChI is InChI=1S/C29H36O9/c1-17-9-10-27-14-34-25(31)12-18(2)29(32)16-33-20(19(3)38-29)7-5-6-8-24(30)37-21-13-23(36-22(27)11-17)28(15-35-28)26(21,27)4/h5-8,11-12,19-23,32H,9-10,13-16H2,1-4H3/b7-5+,8-6-,18-12+/t19-,20-,21-,22-,23-,26-,27-,28+,29-/m1/s1. The lowest BCUT2D eigenvalue weighted by Gasteiger charge is -2.58. The van der Waals surface area contributed by atoms with E-state index in [0.717, 1.165) is 6.42 Å². The largest absolute Gasteiger partial charge is 0.462 e. The van der Waals surface area contributed by atoms with Crippen LogP contribution in [0.1, 0.15) is 47.0 Å². The Labute approximate surface area is 222 Å². The van der Waals surface area contributed by atoms with E-state index in [9.17, 15) is 14.7 Å². The number of rotatable bonds is 0. The molecule has 38 heavy (non-hydrogen) atoms. The van der Waals surface area contributed by atoms with Crippen molar-refractivity contribution in [2.24, 2.45) is 10.8 Å². The zero-order chi connectivity index (χ0) is 26.9. The first-order valence-electron chi connectivity index (χ1n) is 13.4. The van der Waals surface area contributed by atoms with Gasteiger partial charge in [-0.05, 0) is 39.2 Å². The Balaban J connectivity index is 1.40. The lowest BCUT2D eigenvalue weighted by molar-refractivity contribution is -0.286. The number of ether oxygens (including phenoxy) is 6. The molecule has 0 amide bonds. The van der Waals surface area contributed by atoms with Gasteiger partial charge in [0.25, 0.3) is 0 Å². The van der Waals surface area contributed by atoms with Crippen LogP contribution in [-0.4, -0.2) is 78.8 Å². The normalized spacial score (nSPS) is 51.4. The molecule has 206 valence electrons. The van der Waals surface area contributed by atoms with E-state index in [1.54, 1.807) is 32.1 Å². The average Bonchev–Trinajstić information content (AvgIpc) is 3.64. The molecule has 5 heterocycles. The van der Waals surface area contributed by atoms with Gasteiger partial charge in [-0.2, -0.15) is 0 Å². The quantitative estimate of drug-likeness (QED) is 0.288. The van der Waals surface area contributed by atoms with Crippen molar-refractivity contribution in [2.75, 3.05) is 19.8 Å². The molecule has 2 spiro atoms. The Hall–Kier alpha value is -2.30. The molecule has 0 aromatic carbocycles. The van der Waals surface area contributed by atoms with Crippen LogP contribution in [0, 0.1) is 10.8 Å². The third kappa shape index (κ3) is 3.70. The maximum Gasteiger partial charge on any atom is 0.331 e. The Bertz CT molecular complexity index is 1150. The van der Waals surface area contributed by atoms with Gasteiger partial charge >= 0.3 is 11.9 Å². The topological polar surface area (TPSA) is 113 Å². The van der Waals surface area contributed by atoms with E-state index in [1.807, 2.05) is 0 Å². The predicted molar refractivity (Wildman–Crippen MR) is 134 cm³/mol. The van der Waals surface area contributed by atoms with Crippen LogP contribution < -0.4 is 0 Å². The molecule has 0 aromatic rings. The van der Waals surface area contributed by atoms with Gasteiger partial charge < -0.3 is 33.5 Å². The van der Waals surface area contributed by atoms with Crippen molar-refractivity contribution in [3.63, 3.8) is 0 Å². The first-order chi connectivity index (χ1) is 18.0. The van der Waals surface area contributed by atoms with Gasteiger partial charge in [0, 0.05) is 24.0 Å². The molecule has 4 fully saturated rings. The molecule has 9 atom stereocenters. The molecule has 7 rings (SSSR count). The number of carbonyl (C=O) groups excluding carboxylic acids is 2. The Morgan fingerprint density at radius 2 is 1.84 bits per heavy atom. The molecule has 7 aliphatic rings. The Morgan fingerprint density at radius 3 is 2.58 bits per heavy atom. The van der Waals surface area contributed by atoms with E-state index in [0.29, 0.717) is 25.0 Å². The minimum Gasteiger partial charge on any atom is -0.462 e. The van der Waals surface area contributed by atoms with Gasteiger partial charge in [0.15, 0.2) is 0 Å². The number of esters is 2.